The number of rotatable bonds is 6. The molecular weight excluding hydrogens is 196 g/mol. The van der Waals surface area contributed by atoms with Crippen molar-refractivity contribution in [1.82, 2.24) is 10.2 Å². The summed E-state index contributed by atoms with van der Waals surface area (Å²) in [5.41, 5.74) is 0. The molecule has 0 aliphatic heterocycles. The van der Waals surface area contributed by atoms with Crippen LogP contribution in [0.4, 0.5) is 0 Å². The van der Waals surface area contributed by atoms with Crippen molar-refractivity contribution in [2.75, 3.05) is 27.7 Å². The molecule has 2 heteroatoms. The zero-order valence-corrected chi connectivity index (χ0v) is 11.2. The molecule has 0 radical (unpaired) electrons. The summed E-state index contributed by atoms with van der Waals surface area (Å²) in [6, 6.07) is 0.742. The van der Waals surface area contributed by atoms with Gasteiger partial charge >= 0.3 is 0 Å². The summed E-state index contributed by atoms with van der Waals surface area (Å²) in [7, 11) is 6.47. The van der Waals surface area contributed by atoms with E-state index in [0.29, 0.717) is 0 Å². The van der Waals surface area contributed by atoms with Gasteiger partial charge < -0.3 is 10.2 Å². The minimum Gasteiger partial charge on any atom is -0.317 e. The molecule has 2 bridgehead atoms. The standard InChI is InChI=1S/C14H28N2/c1-15-14(6-7-16(2)3)10-13-9-11-4-5-12(13)8-11/h11-15H,4-10H2,1-3H3. The predicted octanol–water partition coefficient (Wildman–Crippen LogP) is 2.35. The number of hydrogen-bond acceptors (Lipinski definition) is 2. The lowest BCUT2D eigenvalue weighted by molar-refractivity contribution is 0.264. The first kappa shape index (κ1) is 12.4. The highest BCUT2D eigenvalue weighted by molar-refractivity contribution is 4.91. The average molecular weight is 224 g/mol. The van der Waals surface area contributed by atoms with Gasteiger partial charge in [0, 0.05) is 6.04 Å². The Balaban J connectivity index is 1.74. The molecule has 16 heavy (non-hydrogen) atoms. The number of hydrogen-bond donors (Lipinski definition) is 1. The zero-order valence-electron chi connectivity index (χ0n) is 11.2. The van der Waals surface area contributed by atoms with Crippen LogP contribution in [0.15, 0.2) is 0 Å². The Bertz CT molecular complexity index is 215. The van der Waals surface area contributed by atoms with Gasteiger partial charge in [0.15, 0.2) is 0 Å². The summed E-state index contributed by atoms with van der Waals surface area (Å²) in [5, 5.41) is 3.52. The van der Waals surface area contributed by atoms with Gasteiger partial charge in [0.1, 0.15) is 0 Å². The Hall–Kier alpha value is -0.0800. The summed E-state index contributed by atoms with van der Waals surface area (Å²) in [4.78, 5) is 2.30. The first-order valence-corrected chi connectivity index (χ1v) is 7.01. The lowest BCUT2D eigenvalue weighted by Crippen LogP contribution is -2.32. The van der Waals surface area contributed by atoms with Crippen molar-refractivity contribution >= 4 is 0 Å². The Labute approximate surface area is 101 Å². The van der Waals surface area contributed by atoms with Crippen molar-refractivity contribution < 1.29 is 0 Å². The SMILES string of the molecule is CNC(CCN(C)C)CC1CC2CCC1C2. The molecule has 1 N–H and O–H groups in total. The summed E-state index contributed by atoms with van der Waals surface area (Å²) in [6.45, 7) is 1.21. The number of fused-ring (bicyclic) bond motifs is 2. The van der Waals surface area contributed by atoms with Crippen LogP contribution in [0.25, 0.3) is 0 Å². The molecule has 0 aromatic carbocycles. The molecule has 94 valence electrons. The highest BCUT2D eigenvalue weighted by Gasteiger charge is 2.39. The van der Waals surface area contributed by atoms with Crippen LogP contribution < -0.4 is 5.32 Å². The van der Waals surface area contributed by atoms with Crippen LogP contribution in [0, 0.1) is 17.8 Å². The normalized spacial score (nSPS) is 34.9. The van der Waals surface area contributed by atoms with E-state index in [1.54, 1.807) is 6.42 Å². The van der Waals surface area contributed by atoms with Gasteiger partial charge in [-0.2, -0.15) is 0 Å². The second kappa shape index (κ2) is 5.50. The van der Waals surface area contributed by atoms with Crippen LogP contribution in [0.5, 0.6) is 0 Å². The third-order valence-electron chi connectivity index (χ3n) is 4.80. The summed E-state index contributed by atoms with van der Waals surface area (Å²) < 4.78 is 0. The minimum atomic E-state index is 0.742. The predicted molar refractivity (Wildman–Crippen MR) is 69.6 cm³/mol. The Morgan fingerprint density at radius 2 is 2.06 bits per heavy atom. The van der Waals surface area contributed by atoms with Crippen LogP contribution in [-0.2, 0) is 0 Å². The molecule has 2 nitrogen and oxygen atoms in total. The van der Waals surface area contributed by atoms with Crippen LogP contribution in [0.3, 0.4) is 0 Å². The Morgan fingerprint density at radius 1 is 1.25 bits per heavy atom. The second-order valence-corrected chi connectivity index (χ2v) is 6.25. The minimum absolute atomic E-state index is 0.742. The Morgan fingerprint density at radius 3 is 2.56 bits per heavy atom. The lowest BCUT2D eigenvalue weighted by atomic mass is 9.83. The van der Waals surface area contributed by atoms with Crippen molar-refractivity contribution in [2.45, 2.75) is 44.6 Å². The average Bonchev–Trinajstić information content (AvgIpc) is 2.85. The molecule has 2 aliphatic rings. The summed E-state index contributed by atoms with van der Waals surface area (Å²) >= 11 is 0. The van der Waals surface area contributed by atoms with Crippen molar-refractivity contribution in [3.63, 3.8) is 0 Å². The van der Waals surface area contributed by atoms with Gasteiger partial charge in [-0.1, -0.05) is 6.42 Å². The van der Waals surface area contributed by atoms with E-state index in [-0.39, 0.29) is 0 Å². The van der Waals surface area contributed by atoms with E-state index in [4.69, 9.17) is 0 Å². The highest BCUT2D eigenvalue weighted by atomic mass is 15.1. The van der Waals surface area contributed by atoms with Crippen LogP contribution in [0.2, 0.25) is 0 Å². The fourth-order valence-electron chi connectivity index (χ4n) is 3.82. The number of nitrogens with zero attached hydrogens (tertiary/aromatic N) is 1. The monoisotopic (exact) mass is 224 g/mol. The maximum atomic E-state index is 3.52. The Kier molecular flexibility index (Phi) is 4.26. The fraction of sp³-hybridized carbons (Fsp3) is 1.00. The van der Waals surface area contributed by atoms with Gasteiger partial charge in [-0.25, -0.2) is 0 Å². The van der Waals surface area contributed by atoms with Crippen molar-refractivity contribution in [3.8, 4) is 0 Å². The van der Waals surface area contributed by atoms with E-state index in [1.807, 2.05) is 0 Å². The highest BCUT2D eigenvalue weighted by Crippen LogP contribution is 2.49. The molecule has 4 unspecified atom stereocenters. The first-order chi connectivity index (χ1) is 7.69. The zero-order chi connectivity index (χ0) is 11.5. The molecule has 2 saturated carbocycles. The van der Waals surface area contributed by atoms with Crippen molar-refractivity contribution in [1.29, 1.82) is 0 Å². The van der Waals surface area contributed by atoms with Gasteiger partial charge in [-0.3, -0.25) is 0 Å². The van der Waals surface area contributed by atoms with E-state index in [1.165, 1.54) is 38.6 Å². The second-order valence-electron chi connectivity index (χ2n) is 6.25. The molecule has 0 aromatic rings. The van der Waals surface area contributed by atoms with Crippen molar-refractivity contribution in [2.24, 2.45) is 17.8 Å². The fourth-order valence-corrected chi connectivity index (χ4v) is 3.82. The summed E-state index contributed by atoms with van der Waals surface area (Å²) in [6.07, 6.45) is 8.87. The van der Waals surface area contributed by atoms with Gasteiger partial charge in [0.05, 0.1) is 0 Å². The van der Waals surface area contributed by atoms with Gasteiger partial charge in [0.2, 0.25) is 0 Å². The lowest BCUT2D eigenvalue weighted by Gasteiger charge is -2.27. The molecular formula is C14H28N2. The molecule has 2 fully saturated rings. The van der Waals surface area contributed by atoms with Crippen LogP contribution in [-0.4, -0.2) is 38.6 Å². The molecule has 2 aliphatic carbocycles. The molecule has 2 rings (SSSR count). The third-order valence-corrected chi connectivity index (χ3v) is 4.80. The van der Waals surface area contributed by atoms with Crippen molar-refractivity contribution in [3.05, 3.63) is 0 Å². The molecule has 0 aromatic heterocycles. The molecule has 0 amide bonds. The van der Waals surface area contributed by atoms with E-state index in [9.17, 15) is 0 Å². The third kappa shape index (κ3) is 2.98. The molecule has 0 heterocycles. The molecule has 0 spiro atoms. The smallest absolute Gasteiger partial charge is 0.00789 e. The molecule has 0 saturated heterocycles. The molecule has 4 atom stereocenters. The quantitative estimate of drug-likeness (QED) is 0.745. The largest absolute Gasteiger partial charge is 0.317 e. The van der Waals surface area contributed by atoms with Gasteiger partial charge in [0.25, 0.3) is 0 Å². The van der Waals surface area contributed by atoms with E-state index < -0.39 is 0 Å². The van der Waals surface area contributed by atoms with Gasteiger partial charge in [-0.15, -0.1) is 0 Å². The van der Waals surface area contributed by atoms with Crippen LogP contribution in [0.1, 0.15) is 38.5 Å². The maximum absolute atomic E-state index is 3.52. The maximum Gasteiger partial charge on any atom is 0.00789 e. The van der Waals surface area contributed by atoms with Crippen LogP contribution >= 0.6 is 0 Å². The van der Waals surface area contributed by atoms with Gasteiger partial charge in [-0.05, 0) is 77.5 Å². The topological polar surface area (TPSA) is 15.3 Å². The first-order valence-electron chi connectivity index (χ1n) is 7.01. The van der Waals surface area contributed by atoms with E-state index >= 15 is 0 Å². The number of nitrogens with one attached hydrogen (secondary N) is 1. The van der Waals surface area contributed by atoms with E-state index in [0.717, 1.165) is 23.8 Å². The summed E-state index contributed by atoms with van der Waals surface area (Å²) in [5.74, 6) is 3.22. The van der Waals surface area contributed by atoms with E-state index in [2.05, 4.69) is 31.4 Å².